The van der Waals surface area contributed by atoms with Crippen LogP contribution in [0.15, 0.2) is 23.2 Å². The van der Waals surface area contributed by atoms with Crippen LogP contribution in [-0.4, -0.2) is 16.7 Å². The van der Waals surface area contributed by atoms with Crippen molar-refractivity contribution in [2.24, 2.45) is 0 Å². The Morgan fingerprint density at radius 3 is 2.93 bits per heavy atom. The summed E-state index contributed by atoms with van der Waals surface area (Å²) in [4.78, 5) is 4.17. The number of ether oxygens (including phenoxy) is 1. The first-order valence-electron chi connectivity index (χ1n) is 4.63. The van der Waals surface area contributed by atoms with Crippen LogP contribution in [0.2, 0.25) is 0 Å². The predicted molar refractivity (Wildman–Crippen MR) is 60.0 cm³/mol. The molecule has 0 fully saturated rings. The van der Waals surface area contributed by atoms with Crippen LogP contribution in [0.4, 0.5) is 0 Å². The lowest BCUT2D eigenvalue weighted by molar-refractivity contribution is 0.262. The Hall–Kier alpha value is -1.06. The van der Waals surface area contributed by atoms with Gasteiger partial charge in [-0.05, 0) is 31.6 Å². The van der Waals surface area contributed by atoms with Crippen LogP contribution in [0.1, 0.15) is 18.3 Å². The highest BCUT2D eigenvalue weighted by Gasteiger charge is 2.04. The summed E-state index contributed by atoms with van der Waals surface area (Å²) in [6, 6.07) is 3.64. The van der Waals surface area contributed by atoms with Gasteiger partial charge in [-0.3, -0.25) is 4.98 Å². The highest BCUT2D eigenvalue weighted by atomic mass is 35.5. The fourth-order valence-electron chi connectivity index (χ4n) is 1.07. The maximum Gasteiger partial charge on any atom is 0.143 e. The third-order valence-corrected chi connectivity index (χ3v) is 2.24. The molecule has 0 aliphatic carbocycles. The van der Waals surface area contributed by atoms with E-state index in [1.807, 2.05) is 19.9 Å². The number of aliphatic hydroxyl groups is 1. The van der Waals surface area contributed by atoms with Crippen molar-refractivity contribution in [1.29, 1.82) is 0 Å². The minimum Gasteiger partial charge on any atom is -0.487 e. The van der Waals surface area contributed by atoms with E-state index in [4.69, 9.17) is 21.4 Å². The zero-order valence-corrected chi connectivity index (χ0v) is 9.58. The Labute approximate surface area is 94.4 Å². The lowest BCUT2D eigenvalue weighted by atomic mass is 10.3. The smallest absolute Gasteiger partial charge is 0.143 e. The molecule has 15 heavy (non-hydrogen) atoms. The van der Waals surface area contributed by atoms with Crippen molar-refractivity contribution in [2.45, 2.75) is 20.5 Å². The minimum atomic E-state index is -0.124. The van der Waals surface area contributed by atoms with Crippen LogP contribution in [0.5, 0.6) is 5.75 Å². The van der Waals surface area contributed by atoms with Crippen molar-refractivity contribution in [3.05, 3.63) is 34.6 Å². The molecule has 1 heterocycles. The van der Waals surface area contributed by atoms with Gasteiger partial charge in [0.25, 0.3) is 0 Å². The van der Waals surface area contributed by atoms with Gasteiger partial charge in [-0.2, -0.15) is 0 Å². The molecule has 1 aromatic rings. The quantitative estimate of drug-likeness (QED) is 0.859. The fraction of sp³-hybridized carbons (Fsp3) is 0.364. The van der Waals surface area contributed by atoms with Gasteiger partial charge in [0.05, 0.1) is 6.61 Å². The van der Waals surface area contributed by atoms with Crippen LogP contribution in [0.3, 0.4) is 0 Å². The molecular formula is C11H14ClNO2. The van der Waals surface area contributed by atoms with Gasteiger partial charge in [0.1, 0.15) is 18.1 Å². The SMILES string of the molecule is C/C(=C/Cl)COc1ccc(C)nc1CO. The van der Waals surface area contributed by atoms with Crippen molar-refractivity contribution >= 4 is 11.6 Å². The molecule has 0 unspecified atom stereocenters. The third kappa shape index (κ3) is 3.53. The van der Waals surface area contributed by atoms with E-state index in [0.29, 0.717) is 18.1 Å². The Morgan fingerprint density at radius 1 is 1.60 bits per heavy atom. The maximum atomic E-state index is 9.08. The van der Waals surface area contributed by atoms with Crippen LogP contribution in [0.25, 0.3) is 0 Å². The number of nitrogens with zero attached hydrogens (tertiary/aromatic N) is 1. The molecule has 0 aliphatic heterocycles. The molecule has 0 bridgehead atoms. The minimum absolute atomic E-state index is 0.124. The summed E-state index contributed by atoms with van der Waals surface area (Å²) in [5, 5.41) is 9.08. The first-order chi connectivity index (χ1) is 7.17. The van der Waals surface area contributed by atoms with Crippen LogP contribution in [-0.2, 0) is 6.61 Å². The van der Waals surface area contributed by atoms with Crippen LogP contribution >= 0.6 is 11.6 Å². The molecule has 3 nitrogen and oxygen atoms in total. The summed E-state index contributed by atoms with van der Waals surface area (Å²) in [6.45, 7) is 4.02. The largest absolute Gasteiger partial charge is 0.487 e. The topological polar surface area (TPSA) is 42.4 Å². The van der Waals surface area contributed by atoms with E-state index in [2.05, 4.69) is 4.98 Å². The van der Waals surface area contributed by atoms with Gasteiger partial charge in [-0.1, -0.05) is 11.6 Å². The van der Waals surface area contributed by atoms with Crippen LogP contribution < -0.4 is 4.74 Å². The Bertz CT molecular complexity index is 364. The molecule has 4 heteroatoms. The molecule has 0 radical (unpaired) electrons. The standard InChI is InChI=1S/C11H14ClNO2/c1-8(5-12)7-15-11-4-3-9(2)13-10(11)6-14/h3-5,14H,6-7H2,1-2H3/b8-5-. The average molecular weight is 228 g/mol. The number of aliphatic hydroxyl groups excluding tert-OH is 1. The summed E-state index contributed by atoms with van der Waals surface area (Å²) < 4.78 is 5.46. The molecule has 0 aromatic carbocycles. The molecule has 0 spiro atoms. The van der Waals surface area contributed by atoms with Gasteiger partial charge in [0.15, 0.2) is 0 Å². The van der Waals surface area contributed by atoms with Gasteiger partial charge >= 0.3 is 0 Å². The first-order valence-corrected chi connectivity index (χ1v) is 5.07. The van der Waals surface area contributed by atoms with E-state index in [9.17, 15) is 0 Å². The molecule has 1 N–H and O–H groups in total. The number of aryl methyl sites for hydroxylation is 1. The molecule has 82 valence electrons. The number of rotatable bonds is 4. The van der Waals surface area contributed by atoms with Crippen molar-refractivity contribution in [3.63, 3.8) is 0 Å². The van der Waals surface area contributed by atoms with Crippen molar-refractivity contribution in [2.75, 3.05) is 6.61 Å². The first kappa shape index (κ1) is 12.0. The van der Waals surface area contributed by atoms with Gasteiger partial charge in [0, 0.05) is 11.2 Å². The number of halogens is 1. The summed E-state index contributed by atoms with van der Waals surface area (Å²) in [6.07, 6.45) is 0. The third-order valence-electron chi connectivity index (χ3n) is 1.86. The van der Waals surface area contributed by atoms with Gasteiger partial charge in [-0.25, -0.2) is 0 Å². The molecule has 0 saturated carbocycles. The fourth-order valence-corrected chi connectivity index (χ4v) is 1.13. The lowest BCUT2D eigenvalue weighted by Gasteiger charge is -2.09. The summed E-state index contributed by atoms with van der Waals surface area (Å²) in [5.41, 5.74) is 3.80. The normalized spacial score (nSPS) is 11.6. The zero-order valence-electron chi connectivity index (χ0n) is 8.83. The number of hydrogen-bond donors (Lipinski definition) is 1. The molecular weight excluding hydrogens is 214 g/mol. The summed E-state index contributed by atoms with van der Waals surface area (Å²) in [5.74, 6) is 0.598. The van der Waals surface area contributed by atoms with Crippen molar-refractivity contribution in [3.8, 4) is 5.75 Å². The van der Waals surface area contributed by atoms with E-state index in [-0.39, 0.29) is 6.61 Å². The van der Waals surface area contributed by atoms with E-state index in [1.165, 1.54) is 5.54 Å². The van der Waals surface area contributed by atoms with E-state index in [0.717, 1.165) is 11.3 Å². The zero-order chi connectivity index (χ0) is 11.3. The van der Waals surface area contributed by atoms with Gasteiger partial charge < -0.3 is 9.84 Å². The highest BCUT2D eigenvalue weighted by molar-refractivity contribution is 6.25. The van der Waals surface area contributed by atoms with E-state index >= 15 is 0 Å². The Balaban J connectivity index is 2.76. The second-order valence-electron chi connectivity index (χ2n) is 3.30. The number of hydrogen-bond acceptors (Lipinski definition) is 3. The second-order valence-corrected chi connectivity index (χ2v) is 3.52. The van der Waals surface area contributed by atoms with Crippen molar-refractivity contribution < 1.29 is 9.84 Å². The number of aromatic nitrogens is 1. The summed E-state index contributed by atoms with van der Waals surface area (Å²) >= 11 is 5.51. The van der Waals surface area contributed by atoms with Gasteiger partial charge in [0.2, 0.25) is 0 Å². The second kappa shape index (κ2) is 5.73. The molecule has 0 amide bonds. The Morgan fingerprint density at radius 2 is 2.33 bits per heavy atom. The van der Waals surface area contributed by atoms with Gasteiger partial charge in [-0.15, -0.1) is 0 Å². The lowest BCUT2D eigenvalue weighted by Crippen LogP contribution is -2.03. The maximum absolute atomic E-state index is 9.08. The summed E-state index contributed by atoms with van der Waals surface area (Å²) in [7, 11) is 0. The van der Waals surface area contributed by atoms with E-state index < -0.39 is 0 Å². The average Bonchev–Trinajstić information content (AvgIpc) is 2.26. The van der Waals surface area contributed by atoms with Crippen molar-refractivity contribution in [1.82, 2.24) is 4.98 Å². The molecule has 0 aliphatic rings. The predicted octanol–water partition coefficient (Wildman–Crippen LogP) is 2.40. The molecule has 0 saturated heterocycles. The highest BCUT2D eigenvalue weighted by Crippen LogP contribution is 2.17. The molecule has 1 rings (SSSR count). The Kier molecular flexibility index (Phi) is 4.59. The monoisotopic (exact) mass is 227 g/mol. The molecule has 0 atom stereocenters. The number of pyridine rings is 1. The molecule has 1 aromatic heterocycles. The van der Waals surface area contributed by atoms with E-state index in [1.54, 1.807) is 6.07 Å². The van der Waals surface area contributed by atoms with Crippen LogP contribution in [0, 0.1) is 6.92 Å².